The molecule has 0 fully saturated rings. The summed E-state index contributed by atoms with van der Waals surface area (Å²) in [5, 5.41) is 53.2. The molecule has 316 valence electrons. The van der Waals surface area contributed by atoms with Crippen molar-refractivity contribution in [2.45, 2.75) is 23.4 Å². The number of imidazole rings is 2. The molecule has 0 atom stereocenters. The van der Waals surface area contributed by atoms with Gasteiger partial charge in [0.1, 0.15) is 0 Å². The maximum Gasteiger partial charge on any atom is 1.00 e. The van der Waals surface area contributed by atoms with E-state index in [2.05, 4.69) is 51.2 Å². The molecule has 10 aromatic rings. The monoisotopic (exact) mass is 928 g/mol. The number of thioether (sulfide) groups is 2. The van der Waals surface area contributed by atoms with Crippen molar-refractivity contribution < 1.29 is 78.9 Å². The third-order valence-electron chi connectivity index (χ3n) is 10.5. The van der Waals surface area contributed by atoms with E-state index in [-0.39, 0.29) is 70.2 Å². The number of tetrazole rings is 2. The minimum absolute atomic E-state index is 0. The van der Waals surface area contributed by atoms with Gasteiger partial charge >= 0.3 is 59.1 Å². The molecule has 0 bridgehead atoms. The molecular formula is C46H34N12Na2O4S2. The van der Waals surface area contributed by atoms with Gasteiger partial charge in [-0.3, -0.25) is 0 Å². The molecule has 0 saturated carbocycles. The van der Waals surface area contributed by atoms with E-state index < -0.39 is 11.9 Å². The summed E-state index contributed by atoms with van der Waals surface area (Å²) in [4.78, 5) is 32.5. The van der Waals surface area contributed by atoms with E-state index in [1.54, 1.807) is 24.3 Å². The molecule has 66 heavy (non-hydrogen) atoms. The minimum atomic E-state index is -1.21. The third kappa shape index (κ3) is 9.91. The Morgan fingerprint density at radius 1 is 0.515 bits per heavy atom. The van der Waals surface area contributed by atoms with Gasteiger partial charge in [-0.25, -0.2) is 20.2 Å². The van der Waals surface area contributed by atoms with Crippen LogP contribution in [-0.2, 0) is 13.1 Å². The normalized spacial score (nSPS) is 10.8. The van der Waals surface area contributed by atoms with Crippen molar-refractivity contribution in [3.05, 3.63) is 156 Å². The molecule has 0 radical (unpaired) electrons. The topological polar surface area (TPSA) is 225 Å². The quantitative estimate of drug-likeness (QED) is 0.122. The van der Waals surface area contributed by atoms with Crippen LogP contribution in [0.15, 0.2) is 144 Å². The summed E-state index contributed by atoms with van der Waals surface area (Å²) >= 11 is 2.96. The van der Waals surface area contributed by atoms with Crippen molar-refractivity contribution in [2.24, 2.45) is 0 Å². The molecule has 0 spiro atoms. The molecule has 0 amide bonds. The van der Waals surface area contributed by atoms with Gasteiger partial charge in [0.15, 0.2) is 22.0 Å². The Bertz CT molecular complexity index is 3050. The Morgan fingerprint density at radius 2 is 0.894 bits per heavy atom. The summed E-state index contributed by atoms with van der Waals surface area (Å²) in [7, 11) is 0. The first-order chi connectivity index (χ1) is 31.3. The second-order valence-electron chi connectivity index (χ2n) is 14.3. The summed E-state index contributed by atoms with van der Waals surface area (Å²) in [6.07, 6.45) is 3.85. The van der Waals surface area contributed by atoms with Crippen molar-refractivity contribution in [3.63, 3.8) is 0 Å². The Kier molecular flexibility index (Phi) is 15.7. The number of carboxylic acid groups (broad SMARTS) is 2. The first kappa shape index (κ1) is 48.0. The van der Waals surface area contributed by atoms with Crippen LogP contribution in [0.3, 0.4) is 0 Å². The summed E-state index contributed by atoms with van der Waals surface area (Å²) in [6, 6.07) is 42.2. The van der Waals surface area contributed by atoms with Crippen LogP contribution in [0.4, 0.5) is 0 Å². The fraction of sp³-hybridized carbons (Fsp3) is 0.0870. The predicted octanol–water partition coefficient (Wildman–Crippen LogP) is 0.0422. The van der Waals surface area contributed by atoms with Gasteiger partial charge in [-0.05, 0) is 78.9 Å². The van der Waals surface area contributed by atoms with Crippen LogP contribution in [0.5, 0.6) is 0 Å². The van der Waals surface area contributed by atoms with Crippen LogP contribution in [0.1, 0.15) is 31.8 Å². The van der Waals surface area contributed by atoms with Crippen molar-refractivity contribution in [1.29, 1.82) is 0 Å². The van der Waals surface area contributed by atoms with E-state index in [4.69, 9.17) is 0 Å². The van der Waals surface area contributed by atoms with Crippen LogP contribution < -0.4 is 69.3 Å². The summed E-state index contributed by atoms with van der Waals surface area (Å²) in [5.41, 5.74) is 10.6. The number of hydrogen-bond donors (Lipinski definition) is 2. The van der Waals surface area contributed by atoms with Gasteiger partial charge in [0.05, 0.1) is 47.1 Å². The van der Waals surface area contributed by atoms with Gasteiger partial charge in [0, 0.05) is 22.3 Å². The van der Waals surface area contributed by atoms with Gasteiger partial charge in [-0.15, -0.1) is 10.2 Å². The molecule has 16 nitrogen and oxygen atoms in total. The zero-order valence-electron chi connectivity index (χ0n) is 36.0. The number of rotatable bonds is 12. The number of nitrogens with zero attached hydrogens (tertiary/aromatic N) is 10. The zero-order chi connectivity index (χ0) is 44.2. The molecule has 4 aromatic heterocycles. The SMILES string of the molecule is CSc1nc2cccc(C(=O)[O-])c2n1Cc1ccc(-c2ccccc2-c2nnn[nH]2)cc1.CSc1nc2cccc(C(=O)[O-])c2n1Cc1ccc(-c2ccccc2-c2nnn[nH]2)cc1.[Na+].[Na+]. The second-order valence-corrected chi connectivity index (χ2v) is 15.8. The van der Waals surface area contributed by atoms with E-state index in [0.717, 1.165) is 54.8 Å². The fourth-order valence-electron chi connectivity index (χ4n) is 7.64. The standard InChI is InChI=1S/2C23H18N6O2S.2Na/c2*1-32-23-24-19-8-4-7-18(22(30)31)20(19)29(23)13-14-9-11-15(12-10-14)16-5-2-3-6-17(16)21-25-27-28-26-21;;/h2*2-12H,13H2,1H3,(H,30,31)(H,25,26,27,28);;/q;;2*+1/p-2. The van der Waals surface area contributed by atoms with Crippen LogP contribution >= 0.6 is 23.5 Å². The largest absolute Gasteiger partial charge is 1.00 e. The van der Waals surface area contributed by atoms with Crippen molar-refractivity contribution in [2.75, 3.05) is 12.5 Å². The molecule has 0 aliphatic heterocycles. The number of aromatic nitrogens is 12. The molecule has 2 N–H and O–H groups in total. The smallest absolute Gasteiger partial charge is 0.545 e. The molecule has 0 aliphatic carbocycles. The van der Waals surface area contributed by atoms with E-state index in [1.165, 1.54) is 23.5 Å². The Hall–Kier alpha value is -5.96. The molecule has 10 rings (SSSR count). The first-order valence-electron chi connectivity index (χ1n) is 19.6. The molecule has 0 aliphatic rings. The number of aromatic carboxylic acids is 2. The van der Waals surface area contributed by atoms with E-state index in [1.807, 2.05) is 131 Å². The number of carboxylic acids is 2. The van der Waals surface area contributed by atoms with Gasteiger partial charge < -0.3 is 28.9 Å². The minimum Gasteiger partial charge on any atom is -0.545 e. The van der Waals surface area contributed by atoms with Crippen LogP contribution in [0.2, 0.25) is 0 Å². The number of para-hydroxylation sites is 2. The van der Waals surface area contributed by atoms with Crippen LogP contribution in [-0.4, -0.2) is 84.8 Å². The van der Waals surface area contributed by atoms with E-state index >= 15 is 0 Å². The van der Waals surface area contributed by atoms with Crippen molar-refractivity contribution >= 4 is 57.5 Å². The third-order valence-corrected chi connectivity index (χ3v) is 11.9. The molecule has 20 heteroatoms. The van der Waals surface area contributed by atoms with Gasteiger partial charge in [-0.2, -0.15) is 0 Å². The number of nitrogens with one attached hydrogen (secondary N) is 2. The number of benzene rings is 6. The second kappa shape index (κ2) is 21.6. The molecular weight excluding hydrogens is 895 g/mol. The van der Waals surface area contributed by atoms with E-state index in [9.17, 15) is 19.8 Å². The zero-order valence-corrected chi connectivity index (χ0v) is 41.7. The number of carbonyl (C=O) groups is 2. The van der Waals surface area contributed by atoms with Crippen LogP contribution in [0.25, 0.3) is 67.1 Å². The fourth-order valence-corrected chi connectivity index (χ4v) is 8.77. The number of fused-ring (bicyclic) bond motifs is 2. The van der Waals surface area contributed by atoms with E-state index in [0.29, 0.717) is 46.8 Å². The van der Waals surface area contributed by atoms with Gasteiger partial charge in [0.2, 0.25) is 0 Å². The van der Waals surface area contributed by atoms with Gasteiger partial charge in [0.25, 0.3) is 0 Å². The maximum atomic E-state index is 11.7. The molecule has 0 unspecified atom stereocenters. The Balaban J connectivity index is 0.000000191. The summed E-state index contributed by atoms with van der Waals surface area (Å²) in [6.45, 7) is 0.982. The predicted molar refractivity (Wildman–Crippen MR) is 240 cm³/mol. The maximum absolute atomic E-state index is 11.7. The first-order valence-corrected chi connectivity index (χ1v) is 22.1. The molecule has 0 saturated heterocycles. The summed E-state index contributed by atoms with van der Waals surface area (Å²) < 4.78 is 3.85. The molecule has 4 heterocycles. The summed E-state index contributed by atoms with van der Waals surface area (Å²) in [5.74, 6) is -1.21. The van der Waals surface area contributed by atoms with Crippen LogP contribution in [0, 0.1) is 0 Å². The Labute approximate surface area is 429 Å². The number of carbonyl (C=O) groups excluding carboxylic acids is 2. The molecule has 6 aromatic carbocycles. The Morgan fingerprint density at radius 3 is 1.23 bits per heavy atom. The average molecular weight is 929 g/mol. The average Bonchev–Trinajstić information content (AvgIpc) is 4.18. The van der Waals surface area contributed by atoms with Crippen molar-refractivity contribution in [1.82, 2.24) is 60.4 Å². The number of aromatic amines is 2. The number of H-pyrrole nitrogens is 2. The number of hydrogen-bond acceptors (Lipinski definition) is 14. The van der Waals surface area contributed by atoms with Gasteiger partial charge in [-0.1, -0.05) is 145 Å². The van der Waals surface area contributed by atoms with Crippen molar-refractivity contribution in [3.8, 4) is 45.0 Å².